The lowest BCUT2D eigenvalue weighted by Gasteiger charge is -2.08. The molecule has 0 aromatic heterocycles. The summed E-state index contributed by atoms with van der Waals surface area (Å²) >= 11 is 3.33. The summed E-state index contributed by atoms with van der Waals surface area (Å²) in [5, 5.41) is 0. The summed E-state index contributed by atoms with van der Waals surface area (Å²) in [4.78, 5) is 0. The highest BCUT2D eigenvalue weighted by molar-refractivity contribution is 7.76. The van der Waals surface area contributed by atoms with Crippen molar-refractivity contribution in [2.45, 2.75) is 6.92 Å². The topological polar surface area (TPSA) is 40.5 Å². The van der Waals surface area contributed by atoms with Crippen LogP contribution in [0, 0.1) is 0 Å². The molecule has 1 N–H and O–H groups in total. The van der Waals surface area contributed by atoms with Gasteiger partial charge in [-0.1, -0.05) is 6.92 Å². The van der Waals surface area contributed by atoms with Crippen LogP contribution in [0.1, 0.15) is 6.92 Å². The van der Waals surface area contributed by atoms with Gasteiger partial charge in [0.15, 0.2) is 0 Å². The molecule has 0 spiro atoms. The Morgan fingerprint density at radius 1 is 1.88 bits per heavy atom. The third kappa shape index (κ3) is 2.61. The largest absolute Gasteiger partial charge is 0.294 e. The van der Waals surface area contributed by atoms with Crippen molar-refractivity contribution >= 4 is 22.9 Å². The molecular weight excluding hydrogens is 150 g/mol. The minimum absolute atomic E-state index is 0.0968. The van der Waals surface area contributed by atoms with Gasteiger partial charge in [-0.05, 0) is 0 Å². The van der Waals surface area contributed by atoms with Gasteiger partial charge in [0.2, 0.25) is 11.3 Å². The van der Waals surface area contributed by atoms with Gasteiger partial charge in [-0.2, -0.15) is 4.31 Å². The molecule has 0 bridgehead atoms. The molecule has 0 aromatic carbocycles. The van der Waals surface area contributed by atoms with Crippen LogP contribution in [-0.4, -0.2) is 25.6 Å². The van der Waals surface area contributed by atoms with Crippen molar-refractivity contribution in [2.75, 3.05) is 12.5 Å². The fourth-order valence-electron chi connectivity index (χ4n) is 0.237. The Hall–Kier alpha value is 0.360. The Labute approximate surface area is 56.0 Å². The van der Waals surface area contributed by atoms with Crippen LogP contribution >= 0.6 is 11.6 Å². The first-order valence-corrected chi connectivity index (χ1v) is 3.74. The average Bonchev–Trinajstić information content (AvgIpc) is 1.69. The standard InChI is InChI=1S/C3H8ClNO2S/c1-2-5(3-4)8(6)7/h2-3H2,1H3,(H,6,7). The highest BCUT2D eigenvalue weighted by Gasteiger charge is 2.03. The molecule has 3 nitrogen and oxygen atoms in total. The van der Waals surface area contributed by atoms with E-state index in [1.807, 2.05) is 0 Å². The molecule has 0 aliphatic heterocycles. The van der Waals surface area contributed by atoms with Crippen LogP contribution in [0.15, 0.2) is 0 Å². The van der Waals surface area contributed by atoms with Crippen molar-refractivity contribution in [1.82, 2.24) is 4.31 Å². The lowest BCUT2D eigenvalue weighted by Crippen LogP contribution is -2.23. The molecule has 0 saturated carbocycles. The third-order valence-electron chi connectivity index (χ3n) is 0.707. The smallest absolute Gasteiger partial charge is 0.235 e. The van der Waals surface area contributed by atoms with Crippen LogP contribution in [0.2, 0.25) is 0 Å². The van der Waals surface area contributed by atoms with Crippen LogP contribution in [0.5, 0.6) is 0 Å². The van der Waals surface area contributed by atoms with Gasteiger partial charge >= 0.3 is 0 Å². The van der Waals surface area contributed by atoms with E-state index in [4.69, 9.17) is 16.2 Å². The molecular formula is C3H8ClNO2S. The molecule has 0 aliphatic rings. The average molecular weight is 158 g/mol. The van der Waals surface area contributed by atoms with E-state index in [1.54, 1.807) is 6.92 Å². The number of alkyl halides is 1. The lowest BCUT2D eigenvalue weighted by molar-refractivity contribution is 0.450. The summed E-state index contributed by atoms with van der Waals surface area (Å²) in [5.41, 5.74) is 0. The Morgan fingerprint density at radius 3 is 2.38 bits per heavy atom. The number of halogens is 1. The number of nitrogens with zero attached hydrogens (tertiary/aromatic N) is 1. The summed E-state index contributed by atoms with van der Waals surface area (Å²) in [6.07, 6.45) is 0. The van der Waals surface area contributed by atoms with Crippen molar-refractivity contribution < 1.29 is 8.76 Å². The summed E-state index contributed by atoms with van der Waals surface area (Å²) in [5.74, 6) is 0. The molecule has 0 fully saturated rings. The quantitative estimate of drug-likeness (QED) is 0.371. The molecule has 1 atom stereocenters. The molecule has 0 aliphatic carbocycles. The van der Waals surface area contributed by atoms with Crippen LogP contribution in [0.25, 0.3) is 0 Å². The van der Waals surface area contributed by atoms with Gasteiger partial charge in [-0.3, -0.25) is 4.55 Å². The molecule has 8 heavy (non-hydrogen) atoms. The van der Waals surface area contributed by atoms with Gasteiger partial charge in [0.1, 0.15) is 0 Å². The highest BCUT2D eigenvalue weighted by Crippen LogP contribution is 1.91. The van der Waals surface area contributed by atoms with Crippen molar-refractivity contribution in [3.05, 3.63) is 0 Å². The molecule has 0 aromatic rings. The number of rotatable bonds is 3. The van der Waals surface area contributed by atoms with E-state index in [0.29, 0.717) is 6.54 Å². The van der Waals surface area contributed by atoms with E-state index in [9.17, 15) is 4.21 Å². The first kappa shape index (κ1) is 8.36. The molecule has 0 saturated heterocycles. The maximum atomic E-state index is 10.1. The van der Waals surface area contributed by atoms with Gasteiger partial charge in [-0.25, -0.2) is 4.21 Å². The summed E-state index contributed by atoms with van der Waals surface area (Å²) in [7, 11) is 0. The minimum atomic E-state index is -1.90. The second-order valence-electron chi connectivity index (χ2n) is 1.15. The molecule has 5 heteroatoms. The van der Waals surface area contributed by atoms with Crippen LogP contribution in [0.4, 0.5) is 0 Å². The van der Waals surface area contributed by atoms with E-state index in [1.165, 1.54) is 4.31 Å². The minimum Gasteiger partial charge on any atom is -0.294 e. The Bertz CT molecular complexity index is 85.4. The van der Waals surface area contributed by atoms with Gasteiger partial charge < -0.3 is 0 Å². The maximum Gasteiger partial charge on any atom is 0.235 e. The van der Waals surface area contributed by atoms with E-state index >= 15 is 0 Å². The van der Waals surface area contributed by atoms with Crippen molar-refractivity contribution in [3.63, 3.8) is 0 Å². The van der Waals surface area contributed by atoms with E-state index in [0.717, 1.165) is 0 Å². The van der Waals surface area contributed by atoms with E-state index in [-0.39, 0.29) is 6.00 Å². The summed E-state index contributed by atoms with van der Waals surface area (Å²) in [6.45, 7) is 2.25. The summed E-state index contributed by atoms with van der Waals surface area (Å²) < 4.78 is 19.6. The van der Waals surface area contributed by atoms with Gasteiger partial charge in [0, 0.05) is 6.54 Å². The predicted octanol–water partition coefficient (Wildman–Crippen LogP) is 0.641. The Kier molecular flexibility index (Phi) is 4.45. The van der Waals surface area contributed by atoms with Crippen LogP contribution in [-0.2, 0) is 11.3 Å². The lowest BCUT2D eigenvalue weighted by atomic mass is 10.8. The number of hydrogen-bond acceptors (Lipinski definition) is 1. The van der Waals surface area contributed by atoms with Gasteiger partial charge in [-0.15, -0.1) is 11.6 Å². The predicted molar refractivity (Wildman–Crippen MR) is 33.9 cm³/mol. The second-order valence-corrected chi connectivity index (χ2v) is 2.37. The molecule has 50 valence electrons. The fraction of sp³-hybridized carbons (Fsp3) is 1.00. The maximum absolute atomic E-state index is 10.1. The van der Waals surface area contributed by atoms with Gasteiger partial charge in [0.05, 0.1) is 6.00 Å². The Morgan fingerprint density at radius 2 is 2.38 bits per heavy atom. The Balaban J connectivity index is 3.52. The summed E-state index contributed by atoms with van der Waals surface area (Å²) in [6, 6.07) is 0.0968. The highest BCUT2D eigenvalue weighted by atomic mass is 35.5. The second kappa shape index (κ2) is 4.26. The fourth-order valence-corrected chi connectivity index (χ4v) is 0.961. The van der Waals surface area contributed by atoms with E-state index in [2.05, 4.69) is 0 Å². The third-order valence-corrected chi connectivity index (χ3v) is 1.97. The number of hydrogen-bond donors (Lipinski definition) is 1. The molecule has 0 heterocycles. The SMILES string of the molecule is CCN(CCl)S(=O)O. The van der Waals surface area contributed by atoms with Crippen LogP contribution in [0.3, 0.4) is 0 Å². The zero-order valence-corrected chi connectivity index (χ0v) is 6.08. The first-order valence-electron chi connectivity index (χ1n) is 2.14. The molecule has 0 rings (SSSR count). The van der Waals surface area contributed by atoms with E-state index < -0.39 is 11.3 Å². The van der Waals surface area contributed by atoms with Crippen molar-refractivity contribution in [1.29, 1.82) is 0 Å². The van der Waals surface area contributed by atoms with Crippen LogP contribution < -0.4 is 0 Å². The van der Waals surface area contributed by atoms with Crippen molar-refractivity contribution in [3.8, 4) is 0 Å². The molecule has 0 radical (unpaired) electrons. The first-order chi connectivity index (χ1) is 3.72. The molecule has 0 amide bonds. The zero-order chi connectivity index (χ0) is 6.57. The molecule has 1 unspecified atom stereocenters. The van der Waals surface area contributed by atoms with Crippen molar-refractivity contribution in [2.24, 2.45) is 0 Å². The normalized spacial score (nSPS) is 14.5. The zero-order valence-electron chi connectivity index (χ0n) is 4.50. The monoisotopic (exact) mass is 157 g/mol. The van der Waals surface area contributed by atoms with Gasteiger partial charge in [0.25, 0.3) is 0 Å².